The molecule has 2 aliphatic rings. The molecule has 9 heteroatoms. The van der Waals surface area contributed by atoms with Gasteiger partial charge in [0.25, 0.3) is 0 Å². The molecular weight excluding hydrogens is 350 g/mol. The number of nitrogens with one attached hydrogen (secondary N) is 1. The minimum Gasteiger partial charge on any atom is -0.481 e. The number of aromatic nitrogens is 1. The molecule has 3 heterocycles. The molecule has 2 saturated heterocycles. The second-order valence-corrected chi connectivity index (χ2v) is 8.17. The van der Waals surface area contributed by atoms with Crippen LogP contribution in [0.5, 0.6) is 0 Å². The van der Waals surface area contributed by atoms with E-state index in [1.54, 1.807) is 29.4 Å². The number of carbonyl (C=O) groups is 3. The first-order valence-corrected chi connectivity index (χ1v) is 9.33. The first-order valence-electron chi connectivity index (χ1n) is 7.40. The number of β-lactam (4-membered cyclic amide) rings is 1. The Labute approximate surface area is 147 Å². The fourth-order valence-electron chi connectivity index (χ4n) is 2.78. The van der Waals surface area contributed by atoms with E-state index in [0.29, 0.717) is 6.42 Å². The third-order valence-corrected chi connectivity index (χ3v) is 7.01. The molecule has 3 atom stereocenters. The normalized spacial score (nSPS) is 28.7. The number of hydrogen-bond acceptors (Lipinski definition) is 6. The van der Waals surface area contributed by atoms with E-state index in [4.69, 9.17) is 0 Å². The van der Waals surface area contributed by atoms with Crippen molar-refractivity contribution in [1.82, 2.24) is 15.2 Å². The standard InChI is InChI=1S/C15H17N3O4S2/c1-9(19)17-13-15(14(21)22,7-18-11(20)6-12(18)24-13)8-23-10-2-4-16-5-3-10/h2-5,12-13H,6-8H2,1H3,(H,17,19)(H,21,22)/t12-,13?,15?/m1/s1. The molecular formula is C15H17N3O4S2. The first kappa shape index (κ1) is 17.1. The molecule has 2 amide bonds. The van der Waals surface area contributed by atoms with Gasteiger partial charge in [0.2, 0.25) is 11.8 Å². The quantitative estimate of drug-likeness (QED) is 0.592. The van der Waals surface area contributed by atoms with Crippen molar-refractivity contribution in [3.63, 3.8) is 0 Å². The summed E-state index contributed by atoms with van der Waals surface area (Å²) in [6.07, 6.45) is 3.69. The topological polar surface area (TPSA) is 99.6 Å². The van der Waals surface area contributed by atoms with E-state index in [1.165, 1.54) is 30.4 Å². The second kappa shape index (κ2) is 6.64. The zero-order valence-corrected chi connectivity index (χ0v) is 14.6. The van der Waals surface area contributed by atoms with Gasteiger partial charge in [-0.05, 0) is 12.1 Å². The molecule has 1 aromatic heterocycles. The highest BCUT2D eigenvalue weighted by Crippen LogP contribution is 2.48. The van der Waals surface area contributed by atoms with Gasteiger partial charge in [-0.15, -0.1) is 23.5 Å². The third-order valence-electron chi connectivity index (χ3n) is 4.17. The van der Waals surface area contributed by atoms with Crippen molar-refractivity contribution in [1.29, 1.82) is 0 Å². The van der Waals surface area contributed by atoms with Gasteiger partial charge in [0.05, 0.1) is 17.2 Å². The Bertz CT molecular complexity index is 672. The van der Waals surface area contributed by atoms with Gasteiger partial charge in [0.1, 0.15) is 5.41 Å². The number of thioether (sulfide) groups is 2. The van der Waals surface area contributed by atoms with Crippen LogP contribution in [0.1, 0.15) is 13.3 Å². The Hall–Kier alpha value is -1.74. The molecule has 1 aromatic rings. The highest BCUT2D eigenvalue weighted by molar-refractivity contribution is 8.01. The van der Waals surface area contributed by atoms with E-state index in [2.05, 4.69) is 10.3 Å². The number of pyridine rings is 1. The molecule has 2 unspecified atom stereocenters. The Morgan fingerprint density at radius 3 is 2.79 bits per heavy atom. The predicted molar refractivity (Wildman–Crippen MR) is 90.3 cm³/mol. The maximum Gasteiger partial charge on any atom is 0.315 e. The summed E-state index contributed by atoms with van der Waals surface area (Å²) in [5.41, 5.74) is -1.24. The summed E-state index contributed by atoms with van der Waals surface area (Å²) in [6, 6.07) is 3.61. The van der Waals surface area contributed by atoms with Crippen molar-refractivity contribution in [2.45, 2.75) is 29.0 Å². The van der Waals surface area contributed by atoms with Crippen LogP contribution < -0.4 is 5.32 Å². The van der Waals surface area contributed by atoms with E-state index in [-0.39, 0.29) is 29.5 Å². The van der Waals surface area contributed by atoms with Crippen LogP contribution in [-0.2, 0) is 14.4 Å². The van der Waals surface area contributed by atoms with E-state index in [1.807, 2.05) is 0 Å². The van der Waals surface area contributed by atoms with Gasteiger partial charge in [0.15, 0.2) is 0 Å². The molecule has 24 heavy (non-hydrogen) atoms. The van der Waals surface area contributed by atoms with Crippen molar-refractivity contribution in [3.8, 4) is 0 Å². The minimum atomic E-state index is -1.24. The molecule has 2 fully saturated rings. The molecule has 0 aromatic carbocycles. The molecule has 128 valence electrons. The molecule has 0 aliphatic carbocycles. The smallest absolute Gasteiger partial charge is 0.315 e. The lowest BCUT2D eigenvalue weighted by atomic mass is 9.87. The van der Waals surface area contributed by atoms with Crippen LogP contribution in [0.4, 0.5) is 0 Å². The number of amides is 2. The average Bonchev–Trinajstić information content (AvgIpc) is 2.54. The molecule has 7 nitrogen and oxygen atoms in total. The monoisotopic (exact) mass is 367 g/mol. The van der Waals surface area contributed by atoms with E-state index in [0.717, 1.165) is 4.90 Å². The fourth-order valence-corrected chi connectivity index (χ4v) is 5.65. The SMILES string of the molecule is CC(=O)NC1S[C@@H]2CC(=O)N2CC1(CSc1ccncc1)C(=O)O. The third kappa shape index (κ3) is 3.10. The van der Waals surface area contributed by atoms with Crippen molar-refractivity contribution in [2.75, 3.05) is 12.3 Å². The summed E-state index contributed by atoms with van der Waals surface area (Å²) in [5.74, 6) is -1.06. The highest BCUT2D eigenvalue weighted by atomic mass is 32.2. The number of fused-ring (bicyclic) bond motifs is 1. The molecule has 2 aliphatic heterocycles. The summed E-state index contributed by atoms with van der Waals surface area (Å²) >= 11 is 2.74. The summed E-state index contributed by atoms with van der Waals surface area (Å²) in [5, 5.41) is 12.1. The van der Waals surface area contributed by atoms with E-state index in [9.17, 15) is 19.5 Å². The average molecular weight is 367 g/mol. The lowest BCUT2D eigenvalue weighted by molar-refractivity contribution is -0.156. The van der Waals surface area contributed by atoms with Crippen molar-refractivity contribution in [3.05, 3.63) is 24.5 Å². The molecule has 0 radical (unpaired) electrons. The Morgan fingerprint density at radius 2 is 2.21 bits per heavy atom. The van der Waals surface area contributed by atoms with Gasteiger partial charge < -0.3 is 15.3 Å². The van der Waals surface area contributed by atoms with Crippen LogP contribution in [-0.4, -0.2) is 55.8 Å². The summed E-state index contributed by atoms with van der Waals surface area (Å²) in [6.45, 7) is 1.49. The second-order valence-electron chi connectivity index (χ2n) is 5.83. The van der Waals surface area contributed by atoms with Crippen molar-refractivity contribution in [2.24, 2.45) is 5.41 Å². The van der Waals surface area contributed by atoms with Gasteiger partial charge in [-0.3, -0.25) is 19.4 Å². The zero-order chi connectivity index (χ0) is 17.3. The summed E-state index contributed by atoms with van der Waals surface area (Å²) < 4.78 is 0. The Morgan fingerprint density at radius 1 is 1.50 bits per heavy atom. The number of nitrogens with zero attached hydrogens (tertiary/aromatic N) is 2. The predicted octanol–water partition coefficient (Wildman–Crippen LogP) is 1.01. The summed E-state index contributed by atoms with van der Waals surface area (Å²) in [7, 11) is 0. The lowest BCUT2D eigenvalue weighted by Crippen LogP contribution is -2.67. The summed E-state index contributed by atoms with van der Waals surface area (Å²) in [4.78, 5) is 41.9. The van der Waals surface area contributed by atoms with Gasteiger partial charge >= 0.3 is 5.97 Å². The van der Waals surface area contributed by atoms with E-state index >= 15 is 0 Å². The lowest BCUT2D eigenvalue weighted by Gasteiger charge is -2.53. The number of carboxylic acid groups (broad SMARTS) is 1. The Kier molecular flexibility index (Phi) is 4.73. The van der Waals surface area contributed by atoms with Crippen LogP contribution in [0.3, 0.4) is 0 Å². The van der Waals surface area contributed by atoms with Gasteiger partial charge in [-0.25, -0.2) is 0 Å². The molecule has 0 saturated carbocycles. The zero-order valence-electron chi connectivity index (χ0n) is 13.0. The van der Waals surface area contributed by atoms with Crippen molar-refractivity contribution < 1.29 is 19.5 Å². The fraction of sp³-hybridized carbons (Fsp3) is 0.467. The van der Waals surface area contributed by atoms with Crippen LogP contribution in [0.2, 0.25) is 0 Å². The molecule has 0 bridgehead atoms. The number of rotatable bonds is 5. The van der Waals surface area contributed by atoms with Crippen LogP contribution in [0.25, 0.3) is 0 Å². The molecule has 0 spiro atoms. The molecule has 2 N–H and O–H groups in total. The van der Waals surface area contributed by atoms with Crippen LogP contribution in [0.15, 0.2) is 29.4 Å². The Balaban J connectivity index is 1.86. The first-order chi connectivity index (χ1) is 11.4. The van der Waals surface area contributed by atoms with E-state index < -0.39 is 16.8 Å². The largest absolute Gasteiger partial charge is 0.481 e. The number of aliphatic carboxylic acids is 1. The highest BCUT2D eigenvalue weighted by Gasteiger charge is 2.57. The van der Waals surface area contributed by atoms with Gasteiger partial charge in [0, 0.05) is 36.5 Å². The van der Waals surface area contributed by atoms with Gasteiger partial charge in [-0.1, -0.05) is 0 Å². The maximum absolute atomic E-state index is 12.1. The van der Waals surface area contributed by atoms with Gasteiger partial charge in [-0.2, -0.15) is 0 Å². The number of carboxylic acids is 1. The number of carbonyl (C=O) groups excluding carboxylic acids is 2. The van der Waals surface area contributed by atoms with Crippen LogP contribution in [0, 0.1) is 5.41 Å². The van der Waals surface area contributed by atoms with Crippen LogP contribution >= 0.6 is 23.5 Å². The minimum absolute atomic E-state index is 0.0340. The maximum atomic E-state index is 12.1. The number of hydrogen-bond donors (Lipinski definition) is 2. The van der Waals surface area contributed by atoms with Crippen molar-refractivity contribution >= 4 is 41.3 Å². The molecule has 3 rings (SSSR count).